The molecule has 1 heterocycles. The Bertz CT molecular complexity index is 978. The number of halogens is 3. The highest BCUT2D eigenvalue weighted by molar-refractivity contribution is 7.89. The molecule has 1 spiro atoms. The molecule has 2 aliphatic rings. The molecule has 8 heteroatoms. The number of sulfonamides is 1. The summed E-state index contributed by atoms with van der Waals surface area (Å²) in [6.07, 6.45) is 1.73. The predicted octanol–water partition coefficient (Wildman–Crippen LogP) is 3.14. The lowest BCUT2D eigenvalue weighted by molar-refractivity contribution is 0.400. The minimum absolute atomic E-state index is 0.102. The molecule has 1 saturated heterocycles. The molecule has 2 aromatic rings. The number of rotatable bonds is 6. The van der Waals surface area contributed by atoms with Crippen LogP contribution in [0.2, 0.25) is 0 Å². The first-order chi connectivity index (χ1) is 13.3. The van der Waals surface area contributed by atoms with Crippen LogP contribution < -0.4 is 10.0 Å². The van der Waals surface area contributed by atoms with Crippen molar-refractivity contribution in [3.8, 4) is 11.1 Å². The lowest BCUT2D eigenvalue weighted by Crippen LogP contribution is -2.48. The van der Waals surface area contributed by atoms with Crippen LogP contribution in [0, 0.1) is 17.0 Å². The third-order valence-electron chi connectivity index (χ3n) is 5.76. The molecule has 28 heavy (non-hydrogen) atoms. The molecule has 1 aliphatic heterocycles. The average molecular weight is 410 g/mol. The fourth-order valence-electron chi connectivity index (χ4n) is 4.12. The Morgan fingerprint density at radius 2 is 1.86 bits per heavy atom. The molecule has 1 aliphatic carbocycles. The van der Waals surface area contributed by atoms with Crippen molar-refractivity contribution in [3.63, 3.8) is 0 Å². The fourth-order valence-corrected chi connectivity index (χ4v) is 4.98. The molecule has 4 nitrogen and oxygen atoms in total. The fraction of sp³-hybridized carbons (Fsp3) is 0.400. The second-order valence-corrected chi connectivity index (χ2v) is 9.35. The second kappa shape index (κ2) is 7.17. The van der Waals surface area contributed by atoms with Gasteiger partial charge in [0.05, 0.1) is 0 Å². The van der Waals surface area contributed by atoms with Gasteiger partial charge >= 0.3 is 0 Å². The average Bonchev–Trinajstić information content (AvgIpc) is 3.40. The lowest BCUT2D eigenvalue weighted by Gasteiger charge is -2.25. The van der Waals surface area contributed by atoms with E-state index < -0.39 is 39.7 Å². The zero-order chi connectivity index (χ0) is 19.9. The summed E-state index contributed by atoms with van der Waals surface area (Å²) in [6, 6.07) is 8.50. The van der Waals surface area contributed by atoms with Gasteiger partial charge in [-0.25, -0.2) is 26.3 Å². The van der Waals surface area contributed by atoms with E-state index in [4.69, 9.17) is 0 Å². The van der Waals surface area contributed by atoms with Gasteiger partial charge in [0.1, 0.15) is 11.6 Å². The van der Waals surface area contributed by atoms with E-state index in [1.54, 1.807) is 30.3 Å². The minimum atomic E-state index is -4.05. The zero-order valence-electron chi connectivity index (χ0n) is 15.1. The van der Waals surface area contributed by atoms with Gasteiger partial charge in [0.2, 0.25) is 16.0 Å². The molecule has 0 amide bonds. The summed E-state index contributed by atoms with van der Waals surface area (Å²) in [4.78, 5) is 0. The summed E-state index contributed by atoms with van der Waals surface area (Å²) in [5.41, 5.74) is 0.626. The SMILES string of the molecule is O=S(=O)(CF)N[C@@H]1[C@H](Cc2cc(F)cc(-c3ccccc3)c2F)NCC12CC2. The van der Waals surface area contributed by atoms with Crippen LogP contribution in [0.25, 0.3) is 11.1 Å². The van der Waals surface area contributed by atoms with Gasteiger partial charge < -0.3 is 5.32 Å². The van der Waals surface area contributed by atoms with Crippen molar-refractivity contribution in [1.29, 1.82) is 0 Å². The van der Waals surface area contributed by atoms with Crippen molar-refractivity contribution in [2.45, 2.75) is 31.3 Å². The Hall–Kier alpha value is -1.90. The van der Waals surface area contributed by atoms with E-state index in [9.17, 15) is 17.2 Å². The highest BCUT2D eigenvalue weighted by atomic mass is 32.2. The number of hydrogen-bond donors (Lipinski definition) is 2. The quantitative estimate of drug-likeness (QED) is 0.769. The molecular formula is C20H21F3N2O2S. The van der Waals surface area contributed by atoms with Gasteiger partial charge in [-0.05, 0) is 42.5 Å². The Kier molecular flexibility index (Phi) is 4.97. The van der Waals surface area contributed by atoms with E-state index in [0.717, 1.165) is 25.0 Å². The van der Waals surface area contributed by atoms with Crippen LogP contribution >= 0.6 is 0 Å². The lowest BCUT2D eigenvalue weighted by atomic mass is 9.91. The maximum Gasteiger partial charge on any atom is 0.241 e. The van der Waals surface area contributed by atoms with E-state index in [1.807, 2.05) is 0 Å². The number of nitrogens with one attached hydrogen (secondary N) is 2. The molecule has 2 N–H and O–H groups in total. The van der Waals surface area contributed by atoms with Gasteiger partial charge in [-0.2, -0.15) is 0 Å². The molecule has 2 atom stereocenters. The number of benzene rings is 2. The van der Waals surface area contributed by atoms with Crippen molar-refractivity contribution < 1.29 is 21.6 Å². The van der Waals surface area contributed by atoms with Crippen LogP contribution in [-0.4, -0.2) is 33.1 Å². The second-order valence-electron chi connectivity index (χ2n) is 7.67. The Balaban J connectivity index is 1.64. The Morgan fingerprint density at radius 3 is 2.50 bits per heavy atom. The summed E-state index contributed by atoms with van der Waals surface area (Å²) < 4.78 is 68.2. The first-order valence-electron chi connectivity index (χ1n) is 9.16. The predicted molar refractivity (Wildman–Crippen MR) is 101 cm³/mol. The van der Waals surface area contributed by atoms with Crippen LogP contribution in [0.1, 0.15) is 18.4 Å². The van der Waals surface area contributed by atoms with Gasteiger partial charge in [-0.1, -0.05) is 30.3 Å². The molecule has 1 saturated carbocycles. The molecule has 0 aromatic heterocycles. The van der Waals surface area contributed by atoms with E-state index in [0.29, 0.717) is 12.1 Å². The molecule has 0 unspecified atom stereocenters. The van der Waals surface area contributed by atoms with E-state index >= 15 is 4.39 Å². The first kappa shape index (κ1) is 19.4. The molecule has 2 aromatic carbocycles. The van der Waals surface area contributed by atoms with Crippen LogP contribution in [0.5, 0.6) is 0 Å². The first-order valence-corrected chi connectivity index (χ1v) is 10.8. The van der Waals surface area contributed by atoms with Crippen molar-refractivity contribution in [2.75, 3.05) is 12.6 Å². The normalized spacial score (nSPS) is 23.2. The minimum Gasteiger partial charge on any atom is -0.311 e. The summed E-state index contributed by atoms with van der Waals surface area (Å²) in [7, 11) is -4.05. The van der Waals surface area contributed by atoms with Crippen molar-refractivity contribution in [1.82, 2.24) is 10.0 Å². The summed E-state index contributed by atoms with van der Waals surface area (Å²) in [5.74, 6) is -1.09. The van der Waals surface area contributed by atoms with Crippen LogP contribution in [0.4, 0.5) is 13.2 Å². The highest BCUT2D eigenvalue weighted by Crippen LogP contribution is 2.52. The van der Waals surface area contributed by atoms with Crippen molar-refractivity contribution in [3.05, 3.63) is 59.7 Å². The number of hydrogen-bond acceptors (Lipinski definition) is 3. The van der Waals surface area contributed by atoms with Crippen LogP contribution in [0.3, 0.4) is 0 Å². The van der Waals surface area contributed by atoms with Crippen LogP contribution in [0.15, 0.2) is 42.5 Å². The molecule has 0 bridgehead atoms. The van der Waals surface area contributed by atoms with E-state index in [2.05, 4.69) is 10.0 Å². The smallest absolute Gasteiger partial charge is 0.241 e. The Morgan fingerprint density at radius 1 is 1.14 bits per heavy atom. The third kappa shape index (κ3) is 3.68. The summed E-state index contributed by atoms with van der Waals surface area (Å²) in [5, 5.41) is 3.22. The van der Waals surface area contributed by atoms with Gasteiger partial charge in [-0.15, -0.1) is 0 Å². The number of alkyl halides is 1. The third-order valence-corrected chi connectivity index (χ3v) is 6.66. The summed E-state index contributed by atoms with van der Waals surface area (Å²) in [6.45, 7) is 0.569. The largest absolute Gasteiger partial charge is 0.311 e. The Labute approximate surface area is 162 Å². The maximum absolute atomic E-state index is 15.1. The van der Waals surface area contributed by atoms with Gasteiger partial charge in [0.25, 0.3) is 0 Å². The highest BCUT2D eigenvalue weighted by Gasteiger charge is 2.57. The molecular weight excluding hydrogens is 389 g/mol. The monoisotopic (exact) mass is 410 g/mol. The molecule has 0 radical (unpaired) electrons. The molecule has 150 valence electrons. The topological polar surface area (TPSA) is 58.2 Å². The van der Waals surface area contributed by atoms with E-state index in [1.165, 1.54) is 0 Å². The van der Waals surface area contributed by atoms with Gasteiger partial charge in [0.15, 0.2) is 0 Å². The molecule has 2 fully saturated rings. The maximum atomic E-state index is 15.1. The zero-order valence-corrected chi connectivity index (χ0v) is 15.9. The van der Waals surface area contributed by atoms with Gasteiger partial charge in [0, 0.05) is 29.6 Å². The van der Waals surface area contributed by atoms with Crippen molar-refractivity contribution in [2.24, 2.45) is 5.41 Å². The van der Waals surface area contributed by atoms with Gasteiger partial charge in [-0.3, -0.25) is 0 Å². The summed E-state index contributed by atoms with van der Waals surface area (Å²) >= 11 is 0. The van der Waals surface area contributed by atoms with E-state index in [-0.39, 0.29) is 23.0 Å². The van der Waals surface area contributed by atoms with Crippen LogP contribution in [-0.2, 0) is 16.4 Å². The van der Waals surface area contributed by atoms with Crippen molar-refractivity contribution >= 4 is 10.0 Å². The molecule has 4 rings (SSSR count). The standard InChI is InChI=1S/C20H21F3N2O2S/c21-12-28(26,27)25-19-17(24-11-20(19)6-7-20)9-14-8-15(22)10-16(18(14)23)13-4-2-1-3-5-13/h1-5,8,10,17,19,24-25H,6-7,9,11-12H2/t17-,19+/m0/s1.